The quantitative estimate of drug-likeness (QED) is 0.685. The average Bonchev–Trinajstić information content (AvgIpc) is 3.02. The molecule has 104 valence electrons. The first-order chi connectivity index (χ1) is 10.2. The Bertz CT molecular complexity index is 801. The largest absolute Gasteiger partial charge is 0.328 e. The number of aromatic nitrogens is 3. The number of hydrogen-bond donors (Lipinski definition) is 3. The molecule has 0 radical (unpaired) electrons. The predicted octanol–water partition coefficient (Wildman–Crippen LogP) is 2.02. The molecule has 6 nitrogen and oxygen atoms in total. The zero-order valence-electron chi connectivity index (χ0n) is 11.0. The lowest BCUT2D eigenvalue weighted by atomic mass is 10.1. The first-order valence-electron chi connectivity index (χ1n) is 6.32. The molecule has 6 heteroatoms. The molecule has 0 saturated carbocycles. The van der Waals surface area contributed by atoms with Crippen LogP contribution in [-0.4, -0.2) is 21.1 Å². The number of anilines is 1. The van der Waals surface area contributed by atoms with Crippen molar-refractivity contribution in [1.29, 1.82) is 0 Å². The van der Waals surface area contributed by atoms with E-state index >= 15 is 0 Å². The van der Waals surface area contributed by atoms with Crippen molar-refractivity contribution < 1.29 is 4.79 Å². The molecule has 2 heterocycles. The van der Waals surface area contributed by atoms with Gasteiger partial charge in [-0.1, -0.05) is 12.1 Å². The Morgan fingerprint density at radius 1 is 1.14 bits per heavy atom. The van der Waals surface area contributed by atoms with E-state index in [1.807, 2.05) is 24.3 Å². The summed E-state index contributed by atoms with van der Waals surface area (Å²) in [6, 6.07) is 12.0. The maximum atomic E-state index is 12.1. The van der Waals surface area contributed by atoms with Crippen molar-refractivity contribution in [3.05, 3.63) is 70.8 Å². The third-order valence-corrected chi connectivity index (χ3v) is 2.98. The number of nitrogens with one attached hydrogen (secondary N) is 3. The second-order valence-corrected chi connectivity index (χ2v) is 4.45. The van der Waals surface area contributed by atoms with Crippen molar-refractivity contribution in [2.75, 3.05) is 5.32 Å². The summed E-state index contributed by atoms with van der Waals surface area (Å²) in [5, 5.41) is 9.55. The van der Waals surface area contributed by atoms with Gasteiger partial charge >= 0.3 is 0 Å². The number of nitrogens with zero attached hydrogens (tertiary/aromatic N) is 1. The van der Waals surface area contributed by atoms with Gasteiger partial charge in [0.25, 0.3) is 5.91 Å². The lowest BCUT2D eigenvalue weighted by Crippen LogP contribution is -2.14. The maximum Gasteiger partial charge on any atom is 0.257 e. The number of carbonyl (C=O) groups excluding carboxylic acids is 1. The number of benzene rings is 1. The highest BCUT2D eigenvalue weighted by Crippen LogP contribution is 2.20. The number of pyridine rings is 1. The summed E-state index contributed by atoms with van der Waals surface area (Å²) >= 11 is 0. The summed E-state index contributed by atoms with van der Waals surface area (Å²) in [4.78, 5) is 25.5. The number of amides is 1. The minimum absolute atomic E-state index is 0.243. The van der Waals surface area contributed by atoms with E-state index in [1.54, 1.807) is 12.3 Å². The van der Waals surface area contributed by atoms with Crippen LogP contribution in [0.4, 0.5) is 5.69 Å². The summed E-state index contributed by atoms with van der Waals surface area (Å²) in [5.41, 5.74) is 2.61. The van der Waals surface area contributed by atoms with Gasteiger partial charge in [0.15, 0.2) is 0 Å². The van der Waals surface area contributed by atoms with Crippen LogP contribution in [0.15, 0.2) is 59.7 Å². The average molecular weight is 280 g/mol. The highest BCUT2D eigenvalue weighted by molar-refractivity contribution is 6.04. The van der Waals surface area contributed by atoms with E-state index in [0.29, 0.717) is 11.3 Å². The third kappa shape index (κ3) is 2.89. The smallest absolute Gasteiger partial charge is 0.257 e. The van der Waals surface area contributed by atoms with Crippen LogP contribution in [0.25, 0.3) is 11.3 Å². The van der Waals surface area contributed by atoms with E-state index in [0.717, 1.165) is 11.3 Å². The van der Waals surface area contributed by atoms with Gasteiger partial charge in [-0.2, -0.15) is 5.10 Å². The zero-order valence-corrected chi connectivity index (χ0v) is 11.0. The monoisotopic (exact) mass is 280 g/mol. The molecular formula is C15H12N4O2. The fourth-order valence-corrected chi connectivity index (χ4v) is 1.94. The van der Waals surface area contributed by atoms with Crippen LogP contribution in [-0.2, 0) is 0 Å². The summed E-state index contributed by atoms with van der Waals surface area (Å²) in [5.74, 6) is -0.284. The SMILES string of the molecule is O=C(Nc1cccc(-c2ccn[nH]2)c1)c1ccc(=O)[nH]c1. The molecule has 0 atom stereocenters. The molecule has 3 rings (SSSR count). The summed E-state index contributed by atoms with van der Waals surface area (Å²) in [6.45, 7) is 0. The fourth-order valence-electron chi connectivity index (χ4n) is 1.94. The Hall–Kier alpha value is -3.15. The molecule has 2 aromatic heterocycles. The summed E-state index contributed by atoms with van der Waals surface area (Å²) < 4.78 is 0. The molecule has 0 saturated heterocycles. The minimum Gasteiger partial charge on any atom is -0.328 e. The molecule has 0 aliphatic carbocycles. The summed E-state index contributed by atoms with van der Waals surface area (Å²) in [7, 11) is 0. The molecule has 0 spiro atoms. The number of carbonyl (C=O) groups is 1. The Morgan fingerprint density at radius 2 is 2.05 bits per heavy atom. The Kier molecular flexibility index (Phi) is 3.34. The maximum absolute atomic E-state index is 12.1. The molecule has 0 aliphatic heterocycles. The highest BCUT2D eigenvalue weighted by Gasteiger charge is 2.07. The first-order valence-corrected chi connectivity index (χ1v) is 6.32. The third-order valence-electron chi connectivity index (χ3n) is 2.98. The normalized spacial score (nSPS) is 10.3. The van der Waals surface area contributed by atoms with Crippen molar-refractivity contribution in [3.63, 3.8) is 0 Å². The van der Waals surface area contributed by atoms with Crippen molar-refractivity contribution in [1.82, 2.24) is 15.2 Å². The Balaban J connectivity index is 1.82. The lowest BCUT2D eigenvalue weighted by molar-refractivity contribution is 0.102. The van der Waals surface area contributed by atoms with E-state index in [2.05, 4.69) is 20.5 Å². The molecule has 0 aliphatic rings. The minimum atomic E-state index is -0.284. The van der Waals surface area contributed by atoms with Gasteiger partial charge in [-0.15, -0.1) is 0 Å². The number of hydrogen-bond acceptors (Lipinski definition) is 3. The highest BCUT2D eigenvalue weighted by atomic mass is 16.1. The van der Waals surface area contributed by atoms with Crippen LogP contribution in [0.1, 0.15) is 10.4 Å². The van der Waals surface area contributed by atoms with Gasteiger partial charge in [-0.05, 0) is 24.3 Å². The molecule has 1 amide bonds. The number of rotatable bonds is 3. The molecule has 3 aromatic rings. The van der Waals surface area contributed by atoms with Gasteiger partial charge in [0, 0.05) is 29.7 Å². The van der Waals surface area contributed by atoms with Crippen LogP contribution in [0.5, 0.6) is 0 Å². The Labute approximate surface area is 119 Å². The van der Waals surface area contributed by atoms with Crippen LogP contribution in [0, 0.1) is 0 Å². The van der Waals surface area contributed by atoms with Gasteiger partial charge in [0.05, 0.1) is 11.3 Å². The van der Waals surface area contributed by atoms with Crippen molar-refractivity contribution in [3.8, 4) is 11.3 Å². The molecule has 0 bridgehead atoms. The molecule has 21 heavy (non-hydrogen) atoms. The van der Waals surface area contributed by atoms with E-state index in [9.17, 15) is 9.59 Å². The molecule has 0 unspecified atom stereocenters. The predicted molar refractivity (Wildman–Crippen MR) is 79.0 cm³/mol. The molecule has 3 N–H and O–H groups in total. The standard InChI is InChI=1S/C15H12N4O2/c20-14-5-4-11(9-16-14)15(21)18-12-3-1-2-10(8-12)13-6-7-17-19-13/h1-9H,(H,16,20)(H,17,19)(H,18,21). The van der Waals surface area contributed by atoms with Gasteiger partial charge in [-0.3, -0.25) is 14.7 Å². The van der Waals surface area contributed by atoms with E-state index in [1.165, 1.54) is 18.3 Å². The van der Waals surface area contributed by atoms with Gasteiger partial charge in [-0.25, -0.2) is 0 Å². The van der Waals surface area contributed by atoms with Crippen LogP contribution >= 0.6 is 0 Å². The van der Waals surface area contributed by atoms with Crippen LogP contribution < -0.4 is 10.9 Å². The summed E-state index contributed by atoms with van der Waals surface area (Å²) in [6.07, 6.45) is 3.05. The van der Waals surface area contributed by atoms with Gasteiger partial charge in [0.2, 0.25) is 5.56 Å². The number of H-pyrrole nitrogens is 2. The zero-order chi connectivity index (χ0) is 14.7. The second-order valence-electron chi connectivity index (χ2n) is 4.45. The fraction of sp³-hybridized carbons (Fsp3) is 0. The van der Waals surface area contributed by atoms with Crippen LogP contribution in [0.2, 0.25) is 0 Å². The first kappa shape index (κ1) is 12.9. The van der Waals surface area contributed by atoms with Gasteiger partial charge < -0.3 is 10.3 Å². The number of aromatic amines is 2. The van der Waals surface area contributed by atoms with E-state index in [-0.39, 0.29) is 11.5 Å². The molecule has 0 fully saturated rings. The van der Waals surface area contributed by atoms with E-state index < -0.39 is 0 Å². The topological polar surface area (TPSA) is 90.6 Å². The van der Waals surface area contributed by atoms with Crippen molar-refractivity contribution >= 4 is 11.6 Å². The van der Waals surface area contributed by atoms with Gasteiger partial charge in [0.1, 0.15) is 0 Å². The van der Waals surface area contributed by atoms with Crippen molar-refractivity contribution in [2.24, 2.45) is 0 Å². The van der Waals surface area contributed by atoms with E-state index in [4.69, 9.17) is 0 Å². The Morgan fingerprint density at radius 3 is 2.76 bits per heavy atom. The van der Waals surface area contributed by atoms with Crippen molar-refractivity contribution in [2.45, 2.75) is 0 Å². The lowest BCUT2D eigenvalue weighted by Gasteiger charge is -2.06. The van der Waals surface area contributed by atoms with Crippen LogP contribution in [0.3, 0.4) is 0 Å². The molecular weight excluding hydrogens is 268 g/mol. The second kappa shape index (κ2) is 5.46. The molecule has 1 aromatic carbocycles.